The molecule has 0 heterocycles. The van der Waals surface area contributed by atoms with Crippen molar-refractivity contribution in [3.05, 3.63) is 48.0 Å². The third-order valence-electron chi connectivity index (χ3n) is 3.39. The van der Waals surface area contributed by atoms with Gasteiger partial charge in [-0.05, 0) is 28.8 Å². The number of urea groups is 1. The fourth-order valence-electron chi connectivity index (χ4n) is 2.19. The summed E-state index contributed by atoms with van der Waals surface area (Å²) < 4.78 is 0. The Bertz CT molecular complexity index is 580. The first-order chi connectivity index (χ1) is 9.70. The lowest BCUT2D eigenvalue weighted by Gasteiger charge is -2.18. The van der Waals surface area contributed by atoms with E-state index in [1.165, 1.54) is 10.8 Å². The van der Waals surface area contributed by atoms with Crippen LogP contribution in [-0.2, 0) is 6.54 Å². The average molecular weight is 270 g/mol. The number of fused-ring (bicyclic) bond motifs is 1. The number of amides is 2. The average Bonchev–Trinajstić information content (AvgIpc) is 2.47. The van der Waals surface area contributed by atoms with Gasteiger partial charge in [0, 0.05) is 20.1 Å². The third-order valence-corrected chi connectivity index (χ3v) is 3.39. The molecule has 2 amide bonds. The van der Waals surface area contributed by atoms with Crippen LogP contribution < -0.4 is 5.32 Å². The monoisotopic (exact) mass is 270 g/mol. The molecule has 0 aromatic heterocycles. The molecule has 20 heavy (non-hydrogen) atoms. The van der Waals surface area contributed by atoms with Crippen LogP contribution in [0.15, 0.2) is 42.5 Å². The maximum Gasteiger partial charge on any atom is 0.317 e. The summed E-state index contributed by atoms with van der Waals surface area (Å²) in [7, 11) is 1.83. The van der Waals surface area contributed by atoms with Crippen molar-refractivity contribution in [2.75, 3.05) is 13.6 Å². The van der Waals surface area contributed by atoms with Gasteiger partial charge in [-0.15, -0.1) is 0 Å². The number of hydrogen-bond donors (Lipinski definition) is 1. The van der Waals surface area contributed by atoms with Gasteiger partial charge >= 0.3 is 6.03 Å². The molecule has 2 aromatic rings. The second kappa shape index (κ2) is 6.94. The Labute approximate surface area is 120 Å². The zero-order valence-corrected chi connectivity index (χ0v) is 12.2. The standard InChI is InChI=1S/C17H22N2O/c1-3-4-11-18-17(20)19(2)13-14-9-10-15-7-5-6-8-16(15)12-14/h5-10,12H,3-4,11,13H2,1-2H3,(H,18,20). The Hall–Kier alpha value is -2.03. The molecule has 0 aliphatic carbocycles. The molecule has 2 rings (SSSR count). The van der Waals surface area contributed by atoms with Gasteiger partial charge < -0.3 is 10.2 Å². The van der Waals surface area contributed by atoms with Gasteiger partial charge in [0.1, 0.15) is 0 Å². The molecule has 106 valence electrons. The topological polar surface area (TPSA) is 32.3 Å². The number of benzene rings is 2. The van der Waals surface area contributed by atoms with E-state index in [1.54, 1.807) is 4.90 Å². The maximum absolute atomic E-state index is 11.9. The molecule has 0 saturated heterocycles. The lowest BCUT2D eigenvalue weighted by atomic mass is 10.1. The highest BCUT2D eigenvalue weighted by Gasteiger charge is 2.08. The molecule has 0 bridgehead atoms. The summed E-state index contributed by atoms with van der Waals surface area (Å²) in [4.78, 5) is 13.6. The van der Waals surface area contributed by atoms with Crippen LogP contribution in [-0.4, -0.2) is 24.5 Å². The minimum atomic E-state index is -0.00777. The van der Waals surface area contributed by atoms with Gasteiger partial charge in [0.15, 0.2) is 0 Å². The summed E-state index contributed by atoms with van der Waals surface area (Å²) in [6.07, 6.45) is 2.12. The number of nitrogens with one attached hydrogen (secondary N) is 1. The molecule has 0 spiro atoms. The molecular weight excluding hydrogens is 248 g/mol. The van der Waals surface area contributed by atoms with Crippen molar-refractivity contribution in [2.45, 2.75) is 26.3 Å². The number of nitrogens with zero attached hydrogens (tertiary/aromatic N) is 1. The highest BCUT2D eigenvalue weighted by atomic mass is 16.2. The smallest absolute Gasteiger partial charge is 0.317 e. The van der Waals surface area contributed by atoms with Crippen molar-refractivity contribution in [1.29, 1.82) is 0 Å². The number of unbranched alkanes of at least 4 members (excludes halogenated alkanes) is 1. The van der Waals surface area contributed by atoms with Crippen LogP contribution in [0.3, 0.4) is 0 Å². The van der Waals surface area contributed by atoms with Gasteiger partial charge in [-0.1, -0.05) is 49.7 Å². The van der Waals surface area contributed by atoms with Gasteiger partial charge in [0.05, 0.1) is 0 Å². The van der Waals surface area contributed by atoms with E-state index in [9.17, 15) is 4.79 Å². The Morgan fingerprint density at radius 3 is 2.65 bits per heavy atom. The quantitative estimate of drug-likeness (QED) is 0.824. The molecule has 0 aliphatic rings. The van der Waals surface area contributed by atoms with Gasteiger partial charge in [-0.25, -0.2) is 4.79 Å². The molecule has 0 unspecified atom stereocenters. The van der Waals surface area contributed by atoms with Crippen molar-refractivity contribution in [3.63, 3.8) is 0 Å². The molecule has 0 fully saturated rings. The fraction of sp³-hybridized carbons (Fsp3) is 0.353. The Balaban J connectivity index is 1.98. The van der Waals surface area contributed by atoms with E-state index in [1.807, 2.05) is 19.2 Å². The number of carbonyl (C=O) groups excluding carboxylic acids is 1. The van der Waals surface area contributed by atoms with Crippen LogP contribution in [0.25, 0.3) is 10.8 Å². The molecular formula is C17H22N2O. The van der Waals surface area contributed by atoms with Crippen LogP contribution in [0, 0.1) is 0 Å². The zero-order chi connectivity index (χ0) is 14.4. The molecule has 0 atom stereocenters. The van der Waals surface area contributed by atoms with E-state index in [0.717, 1.165) is 24.9 Å². The van der Waals surface area contributed by atoms with E-state index < -0.39 is 0 Å². The van der Waals surface area contributed by atoms with E-state index >= 15 is 0 Å². The van der Waals surface area contributed by atoms with E-state index in [0.29, 0.717) is 6.54 Å². The lowest BCUT2D eigenvalue weighted by molar-refractivity contribution is 0.207. The van der Waals surface area contributed by atoms with Crippen LogP contribution in [0.5, 0.6) is 0 Å². The highest BCUT2D eigenvalue weighted by Crippen LogP contribution is 2.16. The Morgan fingerprint density at radius 1 is 1.15 bits per heavy atom. The summed E-state index contributed by atoms with van der Waals surface area (Å²) >= 11 is 0. The van der Waals surface area contributed by atoms with Crippen LogP contribution in [0.2, 0.25) is 0 Å². The van der Waals surface area contributed by atoms with Crippen molar-refractivity contribution >= 4 is 16.8 Å². The van der Waals surface area contributed by atoms with E-state index in [2.05, 4.69) is 42.6 Å². The van der Waals surface area contributed by atoms with Crippen LogP contribution >= 0.6 is 0 Å². The summed E-state index contributed by atoms with van der Waals surface area (Å²) in [6, 6.07) is 14.6. The minimum absolute atomic E-state index is 0.00777. The normalized spacial score (nSPS) is 10.5. The first-order valence-corrected chi connectivity index (χ1v) is 7.17. The number of rotatable bonds is 5. The molecule has 2 aromatic carbocycles. The molecule has 0 aliphatic heterocycles. The lowest BCUT2D eigenvalue weighted by Crippen LogP contribution is -2.37. The SMILES string of the molecule is CCCCNC(=O)N(C)Cc1ccc2ccccc2c1. The summed E-state index contributed by atoms with van der Waals surface area (Å²) in [6.45, 7) is 3.49. The Kier molecular flexibility index (Phi) is 4.99. The van der Waals surface area contributed by atoms with Gasteiger partial charge in [-0.3, -0.25) is 0 Å². The second-order valence-electron chi connectivity index (χ2n) is 5.12. The first kappa shape index (κ1) is 14.4. The molecule has 3 nitrogen and oxygen atoms in total. The van der Waals surface area contributed by atoms with Crippen molar-refractivity contribution in [2.24, 2.45) is 0 Å². The molecule has 0 radical (unpaired) electrons. The number of hydrogen-bond acceptors (Lipinski definition) is 1. The van der Waals surface area contributed by atoms with Crippen molar-refractivity contribution in [3.8, 4) is 0 Å². The largest absolute Gasteiger partial charge is 0.338 e. The summed E-state index contributed by atoms with van der Waals surface area (Å²) in [5, 5.41) is 5.37. The summed E-state index contributed by atoms with van der Waals surface area (Å²) in [5.41, 5.74) is 1.15. The maximum atomic E-state index is 11.9. The van der Waals surface area contributed by atoms with Crippen molar-refractivity contribution < 1.29 is 4.79 Å². The van der Waals surface area contributed by atoms with Crippen molar-refractivity contribution in [1.82, 2.24) is 10.2 Å². The van der Waals surface area contributed by atoms with E-state index in [-0.39, 0.29) is 6.03 Å². The van der Waals surface area contributed by atoms with Gasteiger partial charge in [0.2, 0.25) is 0 Å². The highest BCUT2D eigenvalue weighted by molar-refractivity contribution is 5.83. The summed E-state index contributed by atoms with van der Waals surface area (Å²) in [5.74, 6) is 0. The molecule has 3 heteroatoms. The van der Waals surface area contributed by atoms with Gasteiger partial charge in [-0.2, -0.15) is 0 Å². The third kappa shape index (κ3) is 3.73. The zero-order valence-electron chi connectivity index (χ0n) is 12.2. The predicted octanol–water partition coefficient (Wildman–Crippen LogP) is 3.78. The number of carbonyl (C=O) groups is 1. The first-order valence-electron chi connectivity index (χ1n) is 7.17. The predicted molar refractivity (Wildman–Crippen MR) is 83.7 cm³/mol. The molecule has 1 N–H and O–H groups in total. The van der Waals surface area contributed by atoms with Crippen LogP contribution in [0.1, 0.15) is 25.3 Å². The van der Waals surface area contributed by atoms with E-state index in [4.69, 9.17) is 0 Å². The molecule has 0 saturated carbocycles. The second-order valence-corrected chi connectivity index (χ2v) is 5.12. The van der Waals surface area contributed by atoms with Gasteiger partial charge in [0.25, 0.3) is 0 Å². The Morgan fingerprint density at radius 2 is 1.90 bits per heavy atom. The minimum Gasteiger partial charge on any atom is -0.338 e. The fourth-order valence-corrected chi connectivity index (χ4v) is 2.19. The van der Waals surface area contributed by atoms with Crippen LogP contribution in [0.4, 0.5) is 4.79 Å².